The van der Waals surface area contributed by atoms with Gasteiger partial charge in [-0.05, 0) is 79.2 Å². The minimum atomic E-state index is -1.81. The van der Waals surface area contributed by atoms with Gasteiger partial charge in [-0.25, -0.2) is 4.79 Å². The van der Waals surface area contributed by atoms with Crippen molar-refractivity contribution >= 4 is 33.7 Å². The molecule has 0 aliphatic heterocycles. The maximum Gasteiger partial charge on any atom is 0.322 e. The second kappa shape index (κ2) is 7.24. The number of pyridine rings is 1. The molecule has 2 aromatic heterocycles. The maximum atomic E-state index is 12.5. The number of urea groups is 1. The third-order valence-electron chi connectivity index (χ3n) is 5.32. The molecular formula is C20H24N3O3S2-. The number of hydrogen-bond acceptors (Lipinski definition) is 6. The minimum absolute atomic E-state index is 0.400. The van der Waals surface area contributed by atoms with Crippen molar-refractivity contribution in [3.63, 3.8) is 0 Å². The molecule has 0 unspecified atom stereocenters. The zero-order valence-corrected chi connectivity index (χ0v) is 17.9. The highest BCUT2D eigenvalue weighted by molar-refractivity contribution is 7.78. The van der Waals surface area contributed by atoms with E-state index in [1.807, 2.05) is 6.92 Å². The average molecular weight is 419 g/mol. The molecule has 8 heteroatoms. The fourth-order valence-corrected chi connectivity index (χ4v) is 5.54. The van der Waals surface area contributed by atoms with Crippen molar-refractivity contribution in [2.24, 2.45) is 4.36 Å². The number of aryl methyl sites for hydroxylation is 1. The van der Waals surface area contributed by atoms with Gasteiger partial charge in [0.25, 0.3) is 0 Å². The van der Waals surface area contributed by atoms with E-state index in [9.17, 15) is 14.1 Å². The van der Waals surface area contributed by atoms with Crippen LogP contribution < -0.4 is 5.32 Å². The summed E-state index contributed by atoms with van der Waals surface area (Å²) in [7, 11) is -1.81. The van der Waals surface area contributed by atoms with Gasteiger partial charge in [-0.3, -0.25) is 4.98 Å². The van der Waals surface area contributed by atoms with Gasteiger partial charge in [0, 0.05) is 11.6 Å². The largest absolute Gasteiger partial charge is 0.439 e. The molecule has 2 N–H and O–H groups in total. The lowest BCUT2D eigenvalue weighted by molar-refractivity contribution is 0.0789. The minimum Gasteiger partial charge on any atom is -0.439 e. The topological polar surface area (TPSA) is 91.7 Å². The molecule has 4 rings (SSSR count). The maximum absolute atomic E-state index is 12.5. The van der Waals surface area contributed by atoms with E-state index in [2.05, 4.69) is 9.68 Å². The van der Waals surface area contributed by atoms with E-state index in [0.717, 1.165) is 49.2 Å². The first-order chi connectivity index (χ1) is 13.2. The molecule has 2 amide bonds. The summed E-state index contributed by atoms with van der Waals surface area (Å²) in [4.78, 5) is 17.3. The second-order valence-electron chi connectivity index (χ2n) is 8.03. The number of aliphatic hydroxyl groups is 1. The Morgan fingerprint density at radius 1 is 1.36 bits per heavy atom. The number of anilines is 1. The van der Waals surface area contributed by atoms with Crippen LogP contribution >= 0.6 is 11.3 Å². The fraction of sp³-hybridized carbons (Fsp3) is 0.500. The summed E-state index contributed by atoms with van der Waals surface area (Å²) >= 11 is 1.23. The molecule has 1 fully saturated rings. The van der Waals surface area contributed by atoms with Gasteiger partial charge in [-0.1, -0.05) is 6.07 Å². The van der Waals surface area contributed by atoms with Crippen LogP contribution in [0.15, 0.2) is 20.0 Å². The first-order valence-corrected chi connectivity index (χ1v) is 11.5. The summed E-state index contributed by atoms with van der Waals surface area (Å²) in [5.41, 5.74) is 4.84. The van der Waals surface area contributed by atoms with E-state index in [0.29, 0.717) is 15.7 Å². The molecule has 0 bridgehead atoms. The van der Waals surface area contributed by atoms with Crippen molar-refractivity contribution in [3.8, 4) is 0 Å². The number of carbonyl (C=O) groups is 1. The zero-order chi connectivity index (χ0) is 20.1. The van der Waals surface area contributed by atoms with Gasteiger partial charge in [0.1, 0.15) is 0 Å². The first kappa shape index (κ1) is 19.5. The van der Waals surface area contributed by atoms with Crippen LogP contribution in [0.5, 0.6) is 0 Å². The molecule has 0 saturated heterocycles. The summed E-state index contributed by atoms with van der Waals surface area (Å²) in [5, 5.41) is 14.7. The van der Waals surface area contributed by atoms with Gasteiger partial charge in [0.05, 0.1) is 17.0 Å². The van der Waals surface area contributed by atoms with E-state index >= 15 is 0 Å². The van der Waals surface area contributed by atoms with E-state index in [-0.39, 0.29) is 0 Å². The predicted octanol–water partition coefficient (Wildman–Crippen LogP) is 4.78. The monoisotopic (exact) mass is 418 g/mol. The summed E-state index contributed by atoms with van der Waals surface area (Å²) < 4.78 is 16.8. The van der Waals surface area contributed by atoms with Crippen LogP contribution in [0.25, 0.3) is 0 Å². The van der Waals surface area contributed by atoms with Crippen molar-refractivity contribution in [1.82, 2.24) is 4.98 Å². The van der Waals surface area contributed by atoms with Crippen molar-refractivity contribution in [3.05, 3.63) is 39.5 Å². The van der Waals surface area contributed by atoms with Crippen molar-refractivity contribution < 1.29 is 14.1 Å². The molecule has 2 aliphatic rings. The quantitative estimate of drug-likeness (QED) is 0.699. The Bertz CT molecular complexity index is 1030. The summed E-state index contributed by atoms with van der Waals surface area (Å²) in [6.45, 7) is 5.37. The number of hydrogen-bond donors (Lipinski definition) is 2. The Balaban J connectivity index is 1.61. The van der Waals surface area contributed by atoms with Crippen molar-refractivity contribution in [2.75, 3.05) is 5.32 Å². The number of fused-ring (bicyclic) bond motifs is 1. The van der Waals surface area contributed by atoms with Gasteiger partial charge in [0.2, 0.25) is 0 Å². The van der Waals surface area contributed by atoms with E-state index in [1.165, 1.54) is 22.5 Å². The zero-order valence-electron chi connectivity index (χ0n) is 16.2. The van der Waals surface area contributed by atoms with Gasteiger partial charge < -0.3 is 19.0 Å². The molecule has 0 radical (unpaired) electrons. The van der Waals surface area contributed by atoms with E-state index in [4.69, 9.17) is 4.98 Å². The third kappa shape index (κ3) is 3.86. The first-order valence-electron chi connectivity index (χ1n) is 9.52. The number of nitrogens with zero attached hydrogens (tertiary/aromatic N) is 2. The molecule has 150 valence electrons. The Morgan fingerprint density at radius 3 is 2.71 bits per heavy atom. The smallest absolute Gasteiger partial charge is 0.322 e. The van der Waals surface area contributed by atoms with E-state index in [1.54, 1.807) is 25.3 Å². The molecule has 0 aromatic carbocycles. The number of amides is 2. The van der Waals surface area contributed by atoms with Crippen LogP contribution in [0.2, 0.25) is 0 Å². The molecule has 2 aromatic rings. The lowest BCUT2D eigenvalue weighted by Crippen LogP contribution is -2.14. The summed E-state index contributed by atoms with van der Waals surface area (Å²) in [5.74, 6) is 0.400. The second-order valence-corrected chi connectivity index (χ2v) is 10.3. The van der Waals surface area contributed by atoms with Gasteiger partial charge in [0.15, 0.2) is 0 Å². The van der Waals surface area contributed by atoms with Gasteiger partial charge in [-0.2, -0.15) is 11.3 Å². The van der Waals surface area contributed by atoms with Crippen LogP contribution in [0.1, 0.15) is 67.1 Å². The summed E-state index contributed by atoms with van der Waals surface area (Å²) in [6.07, 6.45) is 5.15. The number of thiophene rings is 1. The number of nitrogens with one attached hydrogen (secondary N) is 1. The van der Waals surface area contributed by atoms with Crippen molar-refractivity contribution in [1.29, 1.82) is 0 Å². The highest BCUT2D eigenvalue weighted by Gasteiger charge is 2.32. The molecular weight excluding hydrogens is 394 g/mol. The highest BCUT2D eigenvalue weighted by atomic mass is 32.2. The molecule has 2 aliphatic carbocycles. The van der Waals surface area contributed by atoms with Crippen LogP contribution in [-0.2, 0) is 33.2 Å². The Morgan fingerprint density at radius 2 is 2.07 bits per heavy atom. The Hall–Kier alpha value is -1.77. The molecule has 2 heterocycles. The standard InChI is InChI=1S/C20H24N3O3S2/c1-11-14-5-4-6-15(14)18(17(21-11)12-7-8-12)22-19(24)23-28(26)16-9-13(10-27-16)20(2,3)25/h9-10,12,25H,4-8H2,1-3H3,(H,22,24)/q-1. The Labute approximate surface area is 170 Å². The average Bonchev–Trinajstić information content (AvgIpc) is 3.12. The lowest BCUT2D eigenvalue weighted by atomic mass is 10.0. The fourth-order valence-electron chi connectivity index (χ4n) is 3.65. The molecule has 28 heavy (non-hydrogen) atoms. The Kier molecular flexibility index (Phi) is 5.05. The SMILES string of the molecule is Cc1nc(C2CC2)c(NC(=O)/N=[S-](=O)/c2cc(C(C)(C)O)cs2)c2c1CCC2. The number of rotatable bonds is 4. The molecule has 0 atom stereocenters. The van der Waals surface area contributed by atoms with E-state index < -0.39 is 22.2 Å². The lowest BCUT2D eigenvalue weighted by Gasteiger charge is -2.16. The van der Waals surface area contributed by atoms with Crippen LogP contribution in [0.4, 0.5) is 10.5 Å². The normalized spacial score (nSPS) is 17.6. The molecule has 6 nitrogen and oxygen atoms in total. The van der Waals surface area contributed by atoms with Crippen molar-refractivity contribution in [2.45, 2.75) is 68.6 Å². The highest BCUT2D eigenvalue weighted by Crippen LogP contribution is 2.45. The summed E-state index contributed by atoms with van der Waals surface area (Å²) in [6, 6.07) is 1.02. The van der Waals surface area contributed by atoms with Crippen LogP contribution in [0.3, 0.4) is 0 Å². The van der Waals surface area contributed by atoms with Crippen LogP contribution in [-0.4, -0.2) is 16.1 Å². The number of aromatic nitrogens is 1. The predicted molar refractivity (Wildman–Crippen MR) is 110 cm³/mol. The molecule has 0 spiro atoms. The van der Waals surface area contributed by atoms with Gasteiger partial charge in [-0.15, -0.1) is 10.6 Å². The number of carbonyl (C=O) groups excluding carboxylic acids is 1. The molecule has 1 saturated carbocycles. The third-order valence-corrected chi connectivity index (χ3v) is 7.55. The van der Waals surface area contributed by atoms with Crippen LogP contribution in [0, 0.1) is 6.92 Å². The van der Waals surface area contributed by atoms with Gasteiger partial charge >= 0.3 is 6.03 Å².